The van der Waals surface area contributed by atoms with Crippen LogP contribution in [0.2, 0.25) is 0 Å². The molecule has 8 nitrogen and oxygen atoms in total. The number of hydrogen-bond donors (Lipinski definition) is 3. The number of aliphatic hydroxyl groups excluding tert-OH is 1. The predicted molar refractivity (Wildman–Crippen MR) is 116 cm³/mol. The zero-order valence-electron chi connectivity index (χ0n) is 16.9. The second kappa shape index (κ2) is 11.4. The molecule has 1 aromatic carbocycles. The van der Waals surface area contributed by atoms with Gasteiger partial charge in [0.25, 0.3) is 5.69 Å². The van der Waals surface area contributed by atoms with E-state index in [1.165, 1.54) is 34.0 Å². The van der Waals surface area contributed by atoms with Crippen molar-refractivity contribution in [1.82, 2.24) is 10.6 Å². The summed E-state index contributed by atoms with van der Waals surface area (Å²) in [7, 11) is 0. The molecule has 0 fully saturated rings. The average Bonchev–Trinajstić information content (AvgIpc) is 3.09. The highest BCUT2D eigenvalue weighted by molar-refractivity contribution is 7.11. The molecular formula is C20H28N4O4S. The van der Waals surface area contributed by atoms with Gasteiger partial charge in [-0.05, 0) is 45.0 Å². The minimum Gasteiger partial charge on any atom is -0.491 e. The number of non-ortho nitro benzene ring substituents is 1. The largest absolute Gasteiger partial charge is 0.491 e. The van der Waals surface area contributed by atoms with Crippen molar-refractivity contribution >= 4 is 23.0 Å². The Kier molecular flexibility index (Phi) is 8.88. The average molecular weight is 421 g/mol. The van der Waals surface area contributed by atoms with Crippen LogP contribution < -0.4 is 15.4 Å². The molecule has 0 bridgehead atoms. The van der Waals surface area contributed by atoms with Crippen molar-refractivity contribution in [2.45, 2.75) is 39.3 Å². The topological polar surface area (TPSA) is 109 Å². The molecule has 0 saturated heterocycles. The lowest BCUT2D eigenvalue weighted by Crippen LogP contribution is -2.43. The highest BCUT2D eigenvalue weighted by Crippen LogP contribution is 2.18. The maximum atomic E-state index is 10.7. The molecule has 3 N–H and O–H groups in total. The summed E-state index contributed by atoms with van der Waals surface area (Å²) in [5.41, 5.74) is -0.00400. The number of aryl methyl sites for hydroxylation is 1. The number of benzene rings is 1. The number of guanidine groups is 1. The summed E-state index contributed by atoms with van der Waals surface area (Å²) in [4.78, 5) is 17.2. The highest BCUT2D eigenvalue weighted by atomic mass is 32.1. The summed E-state index contributed by atoms with van der Waals surface area (Å²) in [6.07, 6.45) is 0.102. The van der Waals surface area contributed by atoms with Crippen molar-refractivity contribution in [3.8, 4) is 5.75 Å². The summed E-state index contributed by atoms with van der Waals surface area (Å²) < 4.78 is 5.48. The number of nitro groups is 1. The van der Waals surface area contributed by atoms with Crippen molar-refractivity contribution in [3.63, 3.8) is 0 Å². The minimum atomic E-state index is -0.795. The number of nitrogens with one attached hydrogen (secondary N) is 2. The van der Waals surface area contributed by atoms with Gasteiger partial charge in [-0.1, -0.05) is 0 Å². The Morgan fingerprint density at radius 1 is 1.31 bits per heavy atom. The summed E-state index contributed by atoms with van der Waals surface area (Å²) in [5.74, 6) is 1.10. The molecular weight excluding hydrogens is 392 g/mol. The quantitative estimate of drug-likeness (QED) is 0.236. The molecule has 0 spiro atoms. The second-order valence-electron chi connectivity index (χ2n) is 6.70. The number of rotatable bonds is 10. The van der Waals surface area contributed by atoms with Crippen LogP contribution in [0.4, 0.5) is 5.69 Å². The summed E-state index contributed by atoms with van der Waals surface area (Å²) in [5, 5.41) is 27.3. The first-order chi connectivity index (χ1) is 13.9. The number of hydrogen-bond acceptors (Lipinski definition) is 6. The number of thiophene rings is 1. The van der Waals surface area contributed by atoms with Crippen LogP contribution in [0.5, 0.6) is 5.75 Å². The molecule has 0 amide bonds. The van der Waals surface area contributed by atoms with Gasteiger partial charge in [-0.15, -0.1) is 11.3 Å². The van der Waals surface area contributed by atoms with E-state index >= 15 is 0 Å². The standard InChI is InChI=1S/C20H28N4O4S/c1-4-21-20(23-14(2)11-19-10-5-15(3)29-19)22-12-17(25)13-28-18-8-6-16(7-9-18)24(26)27/h5-10,14,17,25H,4,11-13H2,1-3H3,(H2,21,22,23). The van der Waals surface area contributed by atoms with Gasteiger partial charge in [-0.2, -0.15) is 0 Å². The third-order valence-electron chi connectivity index (χ3n) is 3.98. The Morgan fingerprint density at radius 3 is 2.62 bits per heavy atom. The first-order valence-electron chi connectivity index (χ1n) is 9.52. The Bertz CT molecular complexity index is 807. The summed E-state index contributed by atoms with van der Waals surface area (Å²) in [6, 6.07) is 10.2. The zero-order chi connectivity index (χ0) is 21.2. The van der Waals surface area contributed by atoms with Crippen molar-refractivity contribution in [1.29, 1.82) is 0 Å². The Balaban J connectivity index is 1.82. The van der Waals surface area contributed by atoms with Crippen molar-refractivity contribution in [2.75, 3.05) is 19.7 Å². The molecule has 1 aromatic heterocycles. The molecule has 29 heavy (non-hydrogen) atoms. The molecule has 2 aromatic rings. The number of nitrogens with zero attached hydrogens (tertiary/aromatic N) is 2. The van der Waals surface area contributed by atoms with Crippen molar-refractivity contribution in [3.05, 3.63) is 56.3 Å². The van der Waals surface area contributed by atoms with Gasteiger partial charge in [-0.25, -0.2) is 0 Å². The van der Waals surface area contributed by atoms with Crippen molar-refractivity contribution in [2.24, 2.45) is 4.99 Å². The third-order valence-corrected chi connectivity index (χ3v) is 5.00. The van der Waals surface area contributed by atoms with Crippen LogP contribution in [0.3, 0.4) is 0 Å². The van der Waals surface area contributed by atoms with Crippen LogP contribution in [-0.2, 0) is 6.42 Å². The Morgan fingerprint density at radius 2 is 2.03 bits per heavy atom. The molecule has 1 heterocycles. The zero-order valence-corrected chi connectivity index (χ0v) is 17.7. The van der Waals surface area contributed by atoms with Gasteiger partial charge in [0.1, 0.15) is 18.5 Å². The molecule has 2 unspecified atom stereocenters. The van der Waals surface area contributed by atoms with E-state index in [9.17, 15) is 15.2 Å². The van der Waals surface area contributed by atoms with Gasteiger partial charge in [0.05, 0.1) is 11.5 Å². The first-order valence-corrected chi connectivity index (χ1v) is 10.3. The van der Waals surface area contributed by atoms with Gasteiger partial charge < -0.3 is 20.5 Å². The molecule has 0 radical (unpaired) electrons. The van der Waals surface area contributed by atoms with E-state index in [1.54, 1.807) is 11.3 Å². The lowest BCUT2D eigenvalue weighted by Gasteiger charge is -2.18. The smallest absolute Gasteiger partial charge is 0.269 e. The molecule has 0 aliphatic carbocycles. The van der Waals surface area contributed by atoms with E-state index in [4.69, 9.17) is 4.74 Å². The van der Waals surface area contributed by atoms with Crippen LogP contribution in [0, 0.1) is 17.0 Å². The number of nitro benzene ring substituents is 1. The van der Waals surface area contributed by atoms with Gasteiger partial charge in [0, 0.05) is 40.9 Å². The molecule has 2 atom stereocenters. The van der Waals surface area contributed by atoms with E-state index < -0.39 is 11.0 Å². The molecule has 9 heteroatoms. The fourth-order valence-electron chi connectivity index (χ4n) is 2.61. The van der Waals surface area contributed by atoms with Gasteiger partial charge in [0.2, 0.25) is 0 Å². The third kappa shape index (κ3) is 8.08. The van der Waals surface area contributed by atoms with E-state index in [-0.39, 0.29) is 24.9 Å². The number of aliphatic imine (C=N–C) groups is 1. The van der Waals surface area contributed by atoms with Crippen LogP contribution in [0.25, 0.3) is 0 Å². The lowest BCUT2D eigenvalue weighted by atomic mass is 10.2. The Labute approximate surface area is 174 Å². The first kappa shape index (κ1) is 22.6. The molecule has 0 aliphatic rings. The Hall–Kier alpha value is -2.65. The second-order valence-corrected chi connectivity index (χ2v) is 8.07. The van der Waals surface area contributed by atoms with Crippen LogP contribution in [0.15, 0.2) is 41.4 Å². The van der Waals surface area contributed by atoms with E-state index in [1.807, 2.05) is 6.92 Å². The van der Waals surface area contributed by atoms with Crippen molar-refractivity contribution < 1.29 is 14.8 Å². The predicted octanol–water partition coefficient (Wildman–Crippen LogP) is 2.89. The lowest BCUT2D eigenvalue weighted by molar-refractivity contribution is -0.384. The highest BCUT2D eigenvalue weighted by Gasteiger charge is 2.10. The number of aliphatic hydroxyl groups is 1. The van der Waals surface area contributed by atoms with E-state index in [0.717, 1.165) is 6.42 Å². The van der Waals surface area contributed by atoms with E-state index in [2.05, 4.69) is 41.6 Å². The normalized spacial score (nSPS) is 13.6. The summed E-state index contributed by atoms with van der Waals surface area (Å²) in [6.45, 7) is 7.11. The SMILES string of the molecule is CCNC(=NCC(O)COc1ccc([N+](=O)[O-])cc1)NC(C)Cc1ccc(C)s1. The molecule has 0 aliphatic heterocycles. The molecule has 2 rings (SSSR count). The van der Waals surface area contributed by atoms with Gasteiger partial charge in [-0.3, -0.25) is 15.1 Å². The maximum absolute atomic E-state index is 10.7. The van der Waals surface area contributed by atoms with Gasteiger partial charge >= 0.3 is 0 Å². The minimum absolute atomic E-state index is 0.00400. The molecule has 158 valence electrons. The van der Waals surface area contributed by atoms with Crippen LogP contribution in [0.1, 0.15) is 23.6 Å². The fourth-order valence-corrected chi connectivity index (χ4v) is 3.63. The fraction of sp³-hybridized carbons (Fsp3) is 0.450. The maximum Gasteiger partial charge on any atom is 0.269 e. The van der Waals surface area contributed by atoms with Crippen LogP contribution >= 0.6 is 11.3 Å². The van der Waals surface area contributed by atoms with Gasteiger partial charge in [0.15, 0.2) is 5.96 Å². The summed E-state index contributed by atoms with van der Waals surface area (Å²) >= 11 is 1.79. The van der Waals surface area contributed by atoms with E-state index in [0.29, 0.717) is 18.3 Å². The number of ether oxygens (including phenoxy) is 1. The monoisotopic (exact) mass is 420 g/mol. The van der Waals surface area contributed by atoms with Crippen LogP contribution in [-0.4, -0.2) is 47.8 Å². The molecule has 0 saturated carbocycles.